The Morgan fingerprint density at radius 2 is 2.14 bits per heavy atom. The van der Waals surface area contributed by atoms with Gasteiger partial charge in [0.15, 0.2) is 10.8 Å². The Kier molecular flexibility index (Phi) is 6.47. The molecule has 0 aromatic carbocycles. The van der Waals surface area contributed by atoms with Crippen molar-refractivity contribution >= 4 is 63.6 Å². The fourth-order valence-electron chi connectivity index (χ4n) is 4.29. The number of pyridine rings is 1. The van der Waals surface area contributed by atoms with Gasteiger partial charge >= 0.3 is 5.97 Å². The van der Waals surface area contributed by atoms with E-state index in [0.717, 1.165) is 10.6 Å². The molecule has 0 spiro atoms. The van der Waals surface area contributed by atoms with Crippen molar-refractivity contribution in [1.29, 1.82) is 0 Å². The molecule has 2 aromatic rings. The van der Waals surface area contributed by atoms with Crippen molar-refractivity contribution < 1.29 is 24.3 Å². The van der Waals surface area contributed by atoms with Gasteiger partial charge in [0, 0.05) is 18.5 Å². The number of nitrogens with two attached hydrogens (primary N) is 2. The third kappa shape index (κ3) is 4.58. The van der Waals surface area contributed by atoms with Gasteiger partial charge in [0.2, 0.25) is 0 Å². The minimum absolute atomic E-state index is 0.0699. The number of hydrogen-bond acceptors (Lipinski definition) is 12. The zero-order chi connectivity index (χ0) is 26.3. The normalized spacial score (nSPS) is 20.8. The van der Waals surface area contributed by atoms with Crippen LogP contribution < -0.4 is 16.8 Å². The highest BCUT2D eigenvalue weighted by Gasteiger charge is 2.54. The Morgan fingerprint density at radius 3 is 2.86 bits per heavy atom. The van der Waals surface area contributed by atoms with E-state index in [2.05, 4.69) is 20.4 Å². The lowest BCUT2D eigenvalue weighted by Gasteiger charge is -2.49. The molecule has 1 saturated heterocycles. The molecular weight excluding hydrogens is 520 g/mol. The molecule has 0 radical (unpaired) electrons. The molecular formula is C22H22N8O5S2. The lowest BCUT2D eigenvalue weighted by molar-refractivity contribution is -0.150. The predicted molar refractivity (Wildman–Crippen MR) is 138 cm³/mol. The van der Waals surface area contributed by atoms with E-state index in [1.807, 2.05) is 17.2 Å². The number of carboxylic acids is 1. The summed E-state index contributed by atoms with van der Waals surface area (Å²) in [5, 5.41) is 16.2. The number of aliphatic carboxylic acids is 1. The van der Waals surface area contributed by atoms with E-state index >= 15 is 0 Å². The number of carbonyl (C=O) groups excluding carboxylic acids is 2. The maximum absolute atomic E-state index is 13.1. The molecule has 6 N–H and O–H groups in total. The van der Waals surface area contributed by atoms with Gasteiger partial charge in [-0.25, -0.2) is 14.8 Å². The molecule has 2 atom stereocenters. The molecule has 15 heteroatoms. The zero-order valence-corrected chi connectivity index (χ0v) is 21.1. The van der Waals surface area contributed by atoms with Crippen LogP contribution in [0.15, 0.2) is 40.8 Å². The minimum Gasteiger partial charge on any atom is -0.477 e. The fraction of sp³-hybridized carbons (Fsp3) is 0.273. The number of aromatic nitrogens is 2. The number of fused-ring (bicyclic) bond motifs is 2. The number of nitrogens with zero attached hydrogens (tertiary/aromatic N) is 5. The van der Waals surface area contributed by atoms with E-state index in [-0.39, 0.29) is 22.9 Å². The fourth-order valence-corrected chi connectivity index (χ4v) is 6.36. The number of anilines is 2. The van der Waals surface area contributed by atoms with Crippen LogP contribution in [0.5, 0.6) is 0 Å². The zero-order valence-electron chi connectivity index (χ0n) is 19.5. The molecule has 13 nitrogen and oxygen atoms in total. The number of β-lactam (4-membered cyclic amide) rings is 1. The summed E-state index contributed by atoms with van der Waals surface area (Å²) in [4.78, 5) is 55.6. The second-order valence-electron chi connectivity index (χ2n) is 8.27. The lowest BCUT2D eigenvalue weighted by Crippen LogP contribution is -2.71. The smallest absolute Gasteiger partial charge is 0.352 e. The van der Waals surface area contributed by atoms with Gasteiger partial charge in [-0.3, -0.25) is 14.5 Å². The van der Waals surface area contributed by atoms with Gasteiger partial charge in [0.25, 0.3) is 11.8 Å². The quantitative estimate of drug-likeness (QED) is 0.214. The average molecular weight is 543 g/mol. The van der Waals surface area contributed by atoms with Crippen LogP contribution >= 0.6 is 23.1 Å². The van der Waals surface area contributed by atoms with Gasteiger partial charge in [0.05, 0.1) is 17.1 Å². The number of hydrogen-bond donors (Lipinski definition) is 4. The van der Waals surface area contributed by atoms with Crippen molar-refractivity contribution in [3.63, 3.8) is 0 Å². The van der Waals surface area contributed by atoms with E-state index in [1.165, 1.54) is 41.2 Å². The number of oxime groups is 1. The van der Waals surface area contributed by atoms with E-state index < -0.39 is 29.2 Å². The van der Waals surface area contributed by atoms with Crippen LogP contribution in [0.4, 0.5) is 10.9 Å². The van der Waals surface area contributed by atoms with Gasteiger partial charge in [-0.05, 0) is 23.8 Å². The first-order chi connectivity index (χ1) is 17.8. The number of carboxylic acid groups (broad SMARTS) is 1. The van der Waals surface area contributed by atoms with Crippen LogP contribution in [0.2, 0.25) is 0 Å². The number of amides is 2. The molecule has 5 rings (SSSR count). The summed E-state index contributed by atoms with van der Waals surface area (Å²) in [6.45, 7) is 0.789. The highest BCUT2D eigenvalue weighted by atomic mass is 32.2. The molecule has 0 saturated carbocycles. The summed E-state index contributed by atoms with van der Waals surface area (Å²) in [7, 11) is 1.28. The van der Waals surface area contributed by atoms with E-state index in [1.54, 1.807) is 12.1 Å². The SMILES string of the molecule is CO/N=C(\C(=O)NC1C(=O)N2C(C(=O)O)=C(CN3C=Cc4sc(N)nc4C3)CS[C@H]12)c1cccc(N)n1. The molecule has 2 aromatic heterocycles. The second kappa shape index (κ2) is 9.74. The summed E-state index contributed by atoms with van der Waals surface area (Å²) in [6, 6.07) is 3.76. The first-order valence-electron chi connectivity index (χ1n) is 11.0. The summed E-state index contributed by atoms with van der Waals surface area (Å²) >= 11 is 2.77. The summed E-state index contributed by atoms with van der Waals surface area (Å²) < 4.78 is 0. The van der Waals surface area contributed by atoms with Crippen LogP contribution in [0.1, 0.15) is 16.3 Å². The Balaban J connectivity index is 1.32. The molecule has 5 heterocycles. The first kappa shape index (κ1) is 24.6. The van der Waals surface area contributed by atoms with Crippen LogP contribution in [-0.4, -0.2) is 79.2 Å². The number of rotatable bonds is 7. The molecule has 1 fully saturated rings. The van der Waals surface area contributed by atoms with E-state index in [9.17, 15) is 19.5 Å². The molecule has 3 aliphatic rings. The van der Waals surface area contributed by atoms with Gasteiger partial charge in [0.1, 0.15) is 35.7 Å². The third-order valence-corrected chi connectivity index (χ3v) is 8.11. The number of carbonyl (C=O) groups is 3. The molecule has 0 aliphatic carbocycles. The van der Waals surface area contributed by atoms with Crippen LogP contribution in [-0.2, 0) is 25.8 Å². The van der Waals surface area contributed by atoms with E-state index in [4.69, 9.17) is 16.3 Å². The molecule has 2 amide bonds. The molecule has 3 aliphatic heterocycles. The lowest BCUT2D eigenvalue weighted by atomic mass is 10.0. The molecule has 0 bridgehead atoms. The van der Waals surface area contributed by atoms with Gasteiger partial charge in [-0.15, -0.1) is 11.8 Å². The van der Waals surface area contributed by atoms with Crippen molar-refractivity contribution in [1.82, 2.24) is 25.1 Å². The maximum Gasteiger partial charge on any atom is 0.352 e. The topological polar surface area (TPSA) is 189 Å². The van der Waals surface area contributed by atoms with Crippen LogP contribution in [0.25, 0.3) is 6.08 Å². The van der Waals surface area contributed by atoms with Crippen molar-refractivity contribution in [2.45, 2.75) is 18.0 Å². The highest BCUT2D eigenvalue weighted by molar-refractivity contribution is 8.00. The average Bonchev–Trinajstić information content (AvgIpc) is 3.24. The van der Waals surface area contributed by atoms with Gasteiger partial charge < -0.3 is 31.6 Å². The van der Waals surface area contributed by atoms with Gasteiger partial charge in [-0.2, -0.15) is 0 Å². The number of thiazole rings is 1. The van der Waals surface area contributed by atoms with Crippen molar-refractivity contribution in [2.24, 2.45) is 5.16 Å². The van der Waals surface area contributed by atoms with Crippen molar-refractivity contribution in [3.05, 3.63) is 51.9 Å². The van der Waals surface area contributed by atoms with Crippen molar-refractivity contribution in [2.75, 3.05) is 30.9 Å². The maximum atomic E-state index is 13.1. The number of nitrogens with one attached hydrogen (secondary N) is 1. The van der Waals surface area contributed by atoms with Crippen LogP contribution in [0.3, 0.4) is 0 Å². The number of thioether (sulfide) groups is 1. The van der Waals surface area contributed by atoms with Crippen molar-refractivity contribution in [3.8, 4) is 0 Å². The first-order valence-corrected chi connectivity index (χ1v) is 12.9. The number of nitrogen functional groups attached to an aromatic ring is 2. The Hall–Kier alpha value is -4.11. The predicted octanol–water partition coefficient (Wildman–Crippen LogP) is 0.278. The Bertz CT molecular complexity index is 1390. The largest absolute Gasteiger partial charge is 0.477 e. The summed E-state index contributed by atoms with van der Waals surface area (Å²) in [6.07, 6.45) is 3.76. The molecule has 37 heavy (non-hydrogen) atoms. The Labute approximate surface area is 218 Å². The van der Waals surface area contributed by atoms with Crippen LogP contribution in [0, 0.1) is 0 Å². The van der Waals surface area contributed by atoms with E-state index in [0.29, 0.717) is 29.5 Å². The van der Waals surface area contributed by atoms with Gasteiger partial charge in [-0.1, -0.05) is 22.6 Å². The summed E-state index contributed by atoms with van der Waals surface area (Å²) in [5.41, 5.74) is 12.9. The molecule has 1 unspecified atom stereocenters. The standard InChI is InChI=1S/C22H22N8O5S2/c1-35-28-15(11-3-2-4-14(23)25-11)18(31)27-16-19(32)30-17(21(33)34)10(9-36-20(16)30)7-29-6-5-13-12(8-29)26-22(24)37-13/h2-6,16,20H,7-9H2,1H3,(H2,23,25)(H2,24,26)(H,27,31)(H,33,34)/b28-15-/t16?,20-/m1/s1. The second-order valence-corrected chi connectivity index (χ2v) is 10.4. The monoisotopic (exact) mass is 542 g/mol. The minimum atomic E-state index is -1.20. The summed E-state index contributed by atoms with van der Waals surface area (Å²) in [5.74, 6) is -1.87. The molecule has 192 valence electrons. The Morgan fingerprint density at radius 1 is 1.32 bits per heavy atom. The third-order valence-electron chi connectivity index (χ3n) is 5.87. The highest BCUT2D eigenvalue weighted by Crippen LogP contribution is 2.41.